The van der Waals surface area contributed by atoms with E-state index in [-0.39, 0.29) is 31.9 Å². The van der Waals surface area contributed by atoms with Crippen LogP contribution in [0.25, 0.3) is 5.65 Å². The van der Waals surface area contributed by atoms with E-state index in [1.54, 1.807) is 22.7 Å². The van der Waals surface area contributed by atoms with Crippen LogP contribution in [0.15, 0.2) is 59.6 Å². The number of carbonyl (C=O) groups is 1. The number of hydrogen-bond donors (Lipinski definition) is 2. The lowest BCUT2D eigenvalue weighted by Gasteiger charge is -2.12. The van der Waals surface area contributed by atoms with Gasteiger partial charge in [-0.15, -0.1) is 0 Å². The molecule has 0 atom stereocenters. The Bertz CT molecular complexity index is 1470. The standard InChI is InChI=1S/C21H17Cl2N5O3S/c1-12-9-13(2)28-20(25-12)15(11-24-28)21(29)26-14-7-8-17(23)19(10-14)32(30,31)27-18-6-4-3-5-16(18)22/h3-11,27H,1-2H3,(H,26,29). The molecule has 0 aliphatic carbocycles. The van der Waals surface area contributed by atoms with Gasteiger partial charge in [-0.05, 0) is 50.2 Å². The Morgan fingerprint density at radius 3 is 2.53 bits per heavy atom. The average Bonchev–Trinajstić information content (AvgIpc) is 3.15. The number of aromatic nitrogens is 3. The summed E-state index contributed by atoms with van der Waals surface area (Å²) in [7, 11) is -4.07. The molecule has 164 valence electrons. The predicted molar refractivity (Wildman–Crippen MR) is 124 cm³/mol. The summed E-state index contributed by atoms with van der Waals surface area (Å²) in [6, 6.07) is 12.4. The zero-order valence-corrected chi connectivity index (χ0v) is 19.3. The van der Waals surface area contributed by atoms with Gasteiger partial charge in [0.25, 0.3) is 15.9 Å². The van der Waals surface area contributed by atoms with Gasteiger partial charge in [0.15, 0.2) is 5.65 Å². The third-order valence-electron chi connectivity index (χ3n) is 4.62. The minimum Gasteiger partial charge on any atom is -0.322 e. The number of nitrogens with zero attached hydrogens (tertiary/aromatic N) is 3. The largest absolute Gasteiger partial charge is 0.322 e. The topological polar surface area (TPSA) is 105 Å². The van der Waals surface area contributed by atoms with E-state index >= 15 is 0 Å². The highest BCUT2D eigenvalue weighted by molar-refractivity contribution is 7.92. The van der Waals surface area contributed by atoms with Crippen LogP contribution in [0.3, 0.4) is 0 Å². The molecule has 11 heteroatoms. The fourth-order valence-corrected chi connectivity index (χ4v) is 5.01. The molecule has 0 spiro atoms. The summed E-state index contributed by atoms with van der Waals surface area (Å²) in [4.78, 5) is 17.1. The van der Waals surface area contributed by atoms with E-state index in [0.717, 1.165) is 11.4 Å². The Labute approximate surface area is 194 Å². The molecule has 4 rings (SSSR count). The van der Waals surface area contributed by atoms with Crippen LogP contribution in [0.5, 0.6) is 0 Å². The number of anilines is 2. The average molecular weight is 490 g/mol. The molecule has 1 amide bonds. The maximum atomic E-state index is 12.9. The van der Waals surface area contributed by atoms with Crippen molar-refractivity contribution >= 4 is 56.2 Å². The van der Waals surface area contributed by atoms with Crippen molar-refractivity contribution in [1.82, 2.24) is 14.6 Å². The van der Waals surface area contributed by atoms with Gasteiger partial charge in [0.2, 0.25) is 0 Å². The molecular weight excluding hydrogens is 473 g/mol. The first-order valence-electron chi connectivity index (χ1n) is 9.36. The lowest BCUT2D eigenvalue weighted by molar-refractivity contribution is 0.102. The van der Waals surface area contributed by atoms with Crippen LogP contribution in [0.2, 0.25) is 10.0 Å². The maximum absolute atomic E-state index is 12.9. The molecule has 32 heavy (non-hydrogen) atoms. The number of amides is 1. The number of aryl methyl sites for hydroxylation is 2. The molecule has 0 fully saturated rings. The number of sulfonamides is 1. The lowest BCUT2D eigenvalue weighted by atomic mass is 10.2. The van der Waals surface area contributed by atoms with E-state index in [0.29, 0.717) is 5.65 Å². The van der Waals surface area contributed by atoms with E-state index in [4.69, 9.17) is 23.2 Å². The fourth-order valence-electron chi connectivity index (χ4n) is 3.16. The van der Waals surface area contributed by atoms with Crippen LogP contribution in [0.4, 0.5) is 11.4 Å². The Hall–Kier alpha value is -3.14. The Morgan fingerprint density at radius 2 is 1.78 bits per heavy atom. The summed E-state index contributed by atoms with van der Waals surface area (Å²) >= 11 is 12.2. The van der Waals surface area contributed by atoms with Gasteiger partial charge in [-0.1, -0.05) is 35.3 Å². The van der Waals surface area contributed by atoms with Crippen LogP contribution in [0, 0.1) is 13.8 Å². The number of nitrogens with one attached hydrogen (secondary N) is 2. The number of hydrogen-bond acceptors (Lipinski definition) is 5. The van der Waals surface area contributed by atoms with Gasteiger partial charge in [-0.3, -0.25) is 9.52 Å². The molecule has 0 saturated heterocycles. The van der Waals surface area contributed by atoms with Gasteiger partial charge < -0.3 is 5.32 Å². The van der Waals surface area contributed by atoms with Crippen LogP contribution in [0.1, 0.15) is 21.7 Å². The summed E-state index contributed by atoms with van der Waals surface area (Å²) in [5, 5.41) is 7.11. The van der Waals surface area contributed by atoms with Gasteiger partial charge in [-0.25, -0.2) is 17.9 Å². The van der Waals surface area contributed by atoms with Crippen molar-refractivity contribution in [2.75, 3.05) is 10.0 Å². The zero-order valence-electron chi connectivity index (χ0n) is 16.9. The molecule has 2 N–H and O–H groups in total. The monoisotopic (exact) mass is 489 g/mol. The minimum atomic E-state index is -4.07. The SMILES string of the molecule is Cc1cc(C)n2ncc(C(=O)Nc3ccc(Cl)c(S(=O)(=O)Nc4ccccc4Cl)c3)c2n1. The van der Waals surface area contributed by atoms with E-state index in [1.165, 1.54) is 30.5 Å². The van der Waals surface area contributed by atoms with Crippen molar-refractivity contribution < 1.29 is 13.2 Å². The second-order valence-corrected chi connectivity index (χ2v) is 9.48. The third kappa shape index (κ3) is 4.27. The molecule has 8 nitrogen and oxygen atoms in total. The van der Waals surface area contributed by atoms with Crippen LogP contribution >= 0.6 is 23.2 Å². The van der Waals surface area contributed by atoms with Crippen LogP contribution < -0.4 is 10.0 Å². The number of benzene rings is 2. The van der Waals surface area contributed by atoms with E-state index in [1.807, 2.05) is 19.9 Å². The van der Waals surface area contributed by atoms with E-state index < -0.39 is 15.9 Å². The first-order valence-corrected chi connectivity index (χ1v) is 11.6. The Balaban J connectivity index is 1.65. The summed E-state index contributed by atoms with van der Waals surface area (Å²) in [6.45, 7) is 3.68. The van der Waals surface area contributed by atoms with Crippen molar-refractivity contribution in [3.8, 4) is 0 Å². The van der Waals surface area contributed by atoms with Crippen molar-refractivity contribution in [3.63, 3.8) is 0 Å². The van der Waals surface area contributed by atoms with Gasteiger partial charge in [-0.2, -0.15) is 5.10 Å². The molecule has 2 aromatic carbocycles. The van der Waals surface area contributed by atoms with Gasteiger partial charge >= 0.3 is 0 Å². The number of rotatable bonds is 5. The predicted octanol–water partition coefficient (Wildman–Crippen LogP) is 4.71. The Kier molecular flexibility index (Phi) is 5.81. The molecule has 0 unspecified atom stereocenters. The molecule has 0 aliphatic rings. The first-order chi connectivity index (χ1) is 15.2. The van der Waals surface area contributed by atoms with Gasteiger partial charge in [0.1, 0.15) is 10.5 Å². The smallest absolute Gasteiger partial charge is 0.263 e. The molecule has 2 aromatic heterocycles. The Morgan fingerprint density at radius 1 is 1.03 bits per heavy atom. The summed E-state index contributed by atoms with van der Waals surface area (Å²) in [6.07, 6.45) is 1.41. The van der Waals surface area contributed by atoms with Crippen molar-refractivity contribution in [3.05, 3.63) is 81.7 Å². The molecule has 0 saturated carbocycles. The second kappa shape index (κ2) is 8.42. The lowest BCUT2D eigenvalue weighted by Crippen LogP contribution is -2.16. The molecule has 0 radical (unpaired) electrons. The van der Waals surface area contributed by atoms with Crippen LogP contribution in [-0.2, 0) is 10.0 Å². The number of fused-ring (bicyclic) bond motifs is 1. The minimum absolute atomic E-state index is 0.00791. The third-order valence-corrected chi connectivity index (χ3v) is 6.80. The fraction of sp³-hybridized carbons (Fsp3) is 0.0952. The van der Waals surface area contributed by atoms with E-state index in [2.05, 4.69) is 20.1 Å². The molecule has 4 aromatic rings. The maximum Gasteiger partial charge on any atom is 0.263 e. The normalized spacial score (nSPS) is 11.5. The molecule has 0 bridgehead atoms. The second-order valence-electron chi connectivity index (χ2n) is 7.02. The van der Waals surface area contributed by atoms with Gasteiger partial charge in [0.05, 0.1) is 21.9 Å². The molecule has 0 aliphatic heterocycles. The highest BCUT2D eigenvalue weighted by atomic mass is 35.5. The van der Waals surface area contributed by atoms with E-state index in [9.17, 15) is 13.2 Å². The summed E-state index contributed by atoms with van der Waals surface area (Å²) in [5.74, 6) is -0.484. The molecule has 2 heterocycles. The summed E-state index contributed by atoms with van der Waals surface area (Å²) < 4.78 is 29.8. The highest BCUT2D eigenvalue weighted by Gasteiger charge is 2.21. The van der Waals surface area contributed by atoms with Crippen molar-refractivity contribution in [2.45, 2.75) is 18.7 Å². The van der Waals surface area contributed by atoms with Crippen molar-refractivity contribution in [1.29, 1.82) is 0 Å². The first kappa shape index (κ1) is 22.1. The number of para-hydroxylation sites is 1. The van der Waals surface area contributed by atoms with Crippen LogP contribution in [-0.4, -0.2) is 28.9 Å². The van der Waals surface area contributed by atoms with Gasteiger partial charge in [0, 0.05) is 17.1 Å². The van der Waals surface area contributed by atoms with Crippen molar-refractivity contribution in [2.24, 2.45) is 0 Å². The highest BCUT2D eigenvalue weighted by Crippen LogP contribution is 2.29. The number of carbonyl (C=O) groups excluding carboxylic acids is 1. The summed E-state index contributed by atoms with van der Waals surface area (Å²) in [5.41, 5.74) is 2.69. The quantitative estimate of drug-likeness (QED) is 0.422. The zero-order chi connectivity index (χ0) is 23.0. The molecular formula is C21H17Cl2N5O3S. The number of halogens is 2.